The van der Waals surface area contributed by atoms with E-state index in [0.717, 1.165) is 29.1 Å². The molecule has 0 N–H and O–H groups in total. The van der Waals surface area contributed by atoms with E-state index >= 15 is 0 Å². The molecule has 0 unspecified atom stereocenters. The lowest BCUT2D eigenvalue weighted by atomic mass is 10.0. The normalized spacial score (nSPS) is 11.2. The molecule has 35 heavy (non-hydrogen) atoms. The van der Waals surface area contributed by atoms with Crippen LogP contribution in [0.3, 0.4) is 0 Å². The SMILES string of the molecule is CCCCCCCCCCCCCCc1cc(C)nc2ncnn12.Cc1cc(Cl)n2ncnc2c1. The van der Waals surface area contributed by atoms with Crippen LogP contribution in [0.25, 0.3) is 11.4 Å². The Kier molecular flexibility index (Phi) is 11.4. The minimum absolute atomic E-state index is 0.595. The second kappa shape index (κ2) is 14.8. The van der Waals surface area contributed by atoms with Gasteiger partial charge in [0.25, 0.3) is 5.78 Å². The zero-order valence-electron chi connectivity index (χ0n) is 21.6. The van der Waals surface area contributed by atoms with Crippen LogP contribution in [-0.4, -0.2) is 34.2 Å². The van der Waals surface area contributed by atoms with Gasteiger partial charge < -0.3 is 0 Å². The van der Waals surface area contributed by atoms with Crippen molar-refractivity contribution in [2.24, 2.45) is 0 Å². The number of aryl methyl sites for hydroxylation is 3. The summed E-state index contributed by atoms with van der Waals surface area (Å²) in [6, 6.07) is 5.92. The average molecular weight is 498 g/mol. The van der Waals surface area contributed by atoms with E-state index in [1.54, 1.807) is 10.8 Å². The molecule has 4 aromatic heterocycles. The molecule has 0 aromatic carbocycles. The van der Waals surface area contributed by atoms with Gasteiger partial charge in [-0.05, 0) is 50.5 Å². The number of rotatable bonds is 13. The lowest BCUT2D eigenvalue weighted by molar-refractivity contribution is 0.542. The van der Waals surface area contributed by atoms with Crippen molar-refractivity contribution in [2.45, 2.75) is 104 Å². The summed E-state index contributed by atoms with van der Waals surface area (Å²) < 4.78 is 3.47. The fraction of sp³-hybridized carbons (Fsp3) is 0.593. The molecule has 7 nitrogen and oxygen atoms in total. The van der Waals surface area contributed by atoms with Gasteiger partial charge >= 0.3 is 0 Å². The van der Waals surface area contributed by atoms with Crippen LogP contribution in [-0.2, 0) is 6.42 Å². The summed E-state index contributed by atoms with van der Waals surface area (Å²) in [7, 11) is 0. The van der Waals surface area contributed by atoms with Crippen molar-refractivity contribution < 1.29 is 0 Å². The zero-order chi connectivity index (χ0) is 24.9. The van der Waals surface area contributed by atoms with E-state index in [9.17, 15) is 0 Å². The monoisotopic (exact) mass is 497 g/mol. The van der Waals surface area contributed by atoms with Gasteiger partial charge in [0, 0.05) is 11.4 Å². The summed E-state index contributed by atoms with van der Waals surface area (Å²) in [5.41, 5.74) is 4.15. The zero-order valence-corrected chi connectivity index (χ0v) is 22.3. The molecule has 4 aromatic rings. The van der Waals surface area contributed by atoms with Crippen LogP contribution in [0.15, 0.2) is 30.9 Å². The second-order valence-corrected chi connectivity index (χ2v) is 9.77. The molecule has 190 valence electrons. The molecular formula is C27H40ClN7. The van der Waals surface area contributed by atoms with Crippen LogP contribution in [0, 0.1) is 13.8 Å². The minimum Gasteiger partial charge on any atom is -0.216 e. The van der Waals surface area contributed by atoms with Crippen molar-refractivity contribution in [2.75, 3.05) is 0 Å². The fourth-order valence-corrected chi connectivity index (χ4v) is 4.64. The molecule has 8 heteroatoms. The highest BCUT2D eigenvalue weighted by atomic mass is 35.5. The van der Waals surface area contributed by atoms with E-state index in [2.05, 4.69) is 38.1 Å². The van der Waals surface area contributed by atoms with Crippen LogP contribution < -0.4 is 0 Å². The first-order valence-electron chi connectivity index (χ1n) is 13.2. The maximum absolute atomic E-state index is 5.86. The van der Waals surface area contributed by atoms with Crippen LogP contribution in [0.2, 0.25) is 5.15 Å². The lowest BCUT2D eigenvalue weighted by Crippen LogP contribution is -2.02. The Hall–Kier alpha value is -2.54. The molecule has 0 bridgehead atoms. The first kappa shape index (κ1) is 27.1. The third-order valence-corrected chi connectivity index (χ3v) is 6.49. The molecule has 0 aliphatic carbocycles. The maximum atomic E-state index is 5.86. The Balaban J connectivity index is 0.000000256. The van der Waals surface area contributed by atoms with Gasteiger partial charge in [-0.2, -0.15) is 15.2 Å². The van der Waals surface area contributed by atoms with Crippen molar-refractivity contribution in [3.8, 4) is 0 Å². The molecule has 4 rings (SSSR count). The molecule has 0 spiro atoms. The Morgan fingerprint density at radius 2 is 1.31 bits per heavy atom. The highest BCUT2D eigenvalue weighted by Gasteiger charge is 2.05. The van der Waals surface area contributed by atoms with E-state index in [4.69, 9.17) is 11.6 Å². The number of fused-ring (bicyclic) bond motifs is 2. The molecule has 0 radical (unpaired) electrons. The summed E-state index contributed by atoms with van der Waals surface area (Å²) >= 11 is 5.86. The van der Waals surface area contributed by atoms with Gasteiger partial charge in [-0.3, -0.25) is 0 Å². The first-order chi connectivity index (χ1) is 17.1. The van der Waals surface area contributed by atoms with Crippen molar-refractivity contribution in [1.82, 2.24) is 34.2 Å². The summed E-state index contributed by atoms with van der Waals surface area (Å²) in [5.74, 6) is 0.726. The predicted molar refractivity (Wildman–Crippen MR) is 143 cm³/mol. The fourth-order valence-electron chi connectivity index (χ4n) is 4.34. The summed E-state index contributed by atoms with van der Waals surface area (Å²) in [4.78, 5) is 12.6. The van der Waals surface area contributed by atoms with Gasteiger partial charge in [0.2, 0.25) is 0 Å². The number of nitrogens with zero attached hydrogens (tertiary/aromatic N) is 7. The van der Waals surface area contributed by atoms with E-state index < -0.39 is 0 Å². The number of unbranched alkanes of at least 4 members (excludes halogenated alkanes) is 11. The van der Waals surface area contributed by atoms with Crippen molar-refractivity contribution >= 4 is 23.0 Å². The number of pyridine rings is 1. The van der Waals surface area contributed by atoms with E-state index in [0.29, 0.717) is 5.15 Å². The van der Waals surface area contributed by atoms with E-state index in [-0.39, 0.29) is 0 Å². The number of aromatic nitrogens is 7. The highest BCUT2D eigenvalue weighted by molar-refractivity contribution is 6.29. The Morgan fingerprint density at radius 1 is 0.714 bits per heavy atom. The largest absolute Gasteiger partial charge is 0.252 e. The molecule has 0 aliphatic heterocycles. The van der Waals surface area contributed by atoms with Gasteiger partial charge in [0.1, 0.15) is 17.8 Å². The molecule has 0 atom stereocenters. The maximum Gasteiger partial charge on any atom is 0.252 e. The lowest BCUT2D eigenvalue weighted by Gasteiger charge is -2.05. The summed E-state index contributed by atoms with van der Waals surface area (Å²) in [6.45, 7) is 6.28. The topological polar surface area (TPSA) is 73.3 Å². The van der Waals surface area contributed by atoms with Crippen LogP contribution in [0.4, 0.5) is 0 Å². The van der Waals surface area contributed by atoms with Crippen LogP contribution >= 0.6 is 11.6 Å². The van der Waals surface area contributed by atoms with E-state index in [1.807, 2.05) is 30.5 Å². The molecule has 0 amide bonds. The number of hydrogen-bond donors (Lipinski definition) is 0. The molecule has 0 fully saturated rings. The summed E-state index contributed by atoms with van der Waals surface area (Å²) in [5, 5.41) is 8.81. The van der Waals surface area contributed by atoms with E-state index in [1.165, 1.54) is 89.1 Å². The third-order valence-electron chi connectivity index (χ3n) is 6.22. The Bertz CT molecular complexity index is 1150. The smallest absolute Gasteiger partial charge is 0.216 e. The standard InChI is InChI=1S/C20H34N4.C7H6ClN3/c1-3-4-5-6-7-8-9-10-11-12-13-14-15-19-16-18(2)23-20-21-17-22-24(19)20;1-5-2-6(8)11-7(3-5)9-4-10-11/h16-17H,3-15H2,1-2H3;2-4H,1H3. The quantitative estimate of drug-likeness (QED) is 0.142. The molecule has 4 heterocycles. The van der Waals surface area contributed by atoms with Gasteiger partial charge in [-0.1, -0.05) is 89.2 Å². The Morgan fingerprint density at radius 3 is 2.00 bits per heavy atom. The average Bonchev–Trinajstić information content (AvgIpc) is 3.49. The highest BCUT2D eigenvalue weighted by Crippen LogP contribution is 2.14. The molecular weight excluding hydrogens is 458 g/mol. The van der Waals surface area contributed by atoms with Gasteiger partial charge in [0.05, 0.1) is 0 Å². The number of halogens is 1. The minimum atomic E-state index is 0.595. The third kappa shape index (κ3) is 8.88. The summed E-state index contributed by atoms with van der Waals surface area (Å²) in [6.07, 6.45) is 20.8. The Labute approximate surface area is 214 Å². The van der Waals surface area contributed by atoms with Crippen molar-refractivity contribution in [1.29, 1.82) is 0 Å². The van der Waals surface area contributed by atoms with Crippen molar-refractivity contribution in [3.05, 3.63) is 53.0 Å². The van der Waals surface area contributed by atoms with Crippen LogP contribution in [0.5, 0.6) is 0 Å². The van der Waals surface area contributed by atoms with Gasteiger partial charge in [0.15, 0.2) is 5.65 Å². The molecule has 0 aliphatic rings. The van der Waals surface area contributed by atoms with Gasteiger partial charge in [-0.25, -0.2) is 19.0 Å². The van der Waals surface area contributed by atoms with Crippen molar-refractivity contribution in [3.63, 3.8) is 0 Å². The second-order valence-electron chi connectivity index (χ2n) is 9.39. The van der Waals surface area contributed by atoms with Crippen LogP contribution in [0.1, 0.15) is 101 Å². The first-order valence-corrected chi connectivity index (χ1v) is 13.6. The molecule has 0 saturated carbocycles. The molecule has 0 saturated heterocycles. The van der Waals surface area contributed by atoms with Gasteiger partial charge in [-0.15, -0.1) is 0 Å². The number of hydrogen-bond acceptors (Lipinski definition) is 5. The predicted octanol–water partition coefficient (Wildman–Crippen LogP) is 7.37.